The molecule has 0 unspecified atom stereocenters. The highest BCUT2D eigenvalue weighted by Crippen LogP contribution is 2.35. The van der Waals surface area contributed by atoms with Crippen LogP contribution in [0.4, 0.5) is 4.79 Å². The Hall–Kier alpha value is -2.75. The van der Waals surface area contributed by atoms with Crippen LogP contribution in [-0.2, 0) is 22.4 Å². The number of hydrogen-bond donors (Lipinski definition) is 3. The molecule has 4 heterocycles. The molecule has 31 heavy (non-hydrogen) atoms. The summed E-state index contributed by atoms with van der Waals surface area (Å²) in [4.78, 5) is 59.9. The number of aromatic nitrogens is 2. The van der Waals surface area contributed by atoms with Crippen LogP contribution < -0.4 is 16.2 Å². The second-order valence-electron chi connectivity index (χ2n) is 8.55. The Morgan fingerprint density at radius 3 is 2.65 bits per heavy atom. The topological polar surface area (TPSA) is 124 Å². The van der Waals surface area contributed by atoms with Crippen molar-refractivity contribution in [2.24, 2.45) is 0 Å². The average molecular weight is 444 g/mol. The number of nitrogens with one attached hydrogen (secondary N) is 3. The van der Waals surface area contributed by atoms with Crippen molar-refractivity contribution in [2.75, 3.05) is 13.1 Å². The monoisotopic (exact) mass is 443 g/mol. The Labute approximate surface area is 182 Å². The van der Waals surface area contributed by atoms with E-state index in [0.29, 0.717) is 19.5 Å². The first-order valence-electron chi connectivity index (χ1n) is 10.9. The van der Waals surface area contributed by atoms with E-state index >= 15 is 0 Å². The highest BCUT2D eigenvalue weighted by Gasteiger charge is 2.31. The molecular weight excluding hydrogens is 418 g/mol. The molecule has 0 bridgehead atoms. The zero-order valence-electron chi connectivity index (χ0n) is 17.2. The number of nitrogens with zero attached hydrogens (tertiary/aromatic N) is 2. The van der Waals surface area contributed by atoms with Gasteiger partial charge >= 0.3 is 6.03 Å². The Morgan fingerprint density at radius 1 is 1.13 bits per heavy atom. The Bertz CT molecular complexity index is 1110. The van der Waals surface area contributed by atoms with Crippen molar-refractivity contribution >= 4 is 39.4 Å². The number of thiophene rings is 1. The number of H-pyrrole nitrogens is 1. The SMILES string of the molecule is O=C1NC(=O)[C@@H](CCC(=O)N2CCC(c3nc4sc5c(c4c(=O)[nH]3)CCCC5)CC2)N1. The summed E-state index contributed by atoms with van der Waals surface area (Å²) in [6.45, 7) is 1.19. The van der Waals surface area contributed by atoms with Gasteiger partial charge in [0, 0.05) is 30.3 Å². The summed E-state index contributed by atoms with van der Waals surface area (Å²) in [7, 11) is 0. The van der Waals surface area contributed by atoms with Gasteiger partial charge in [0.25, 0.3) is 11.5 Å². The van der Waals surface area contributed by atoms with E-state index in [4.69, 9.17) is 4.98 Å². The van der Waals surface area contributed by atoms with E-state index in [0.717, 1.165) is 48.1 Å². The number of likely N-dealkylation sites (tertiary alicyclic amines) is 1. The van der Waals surface area contributed by atoms with Gasteiger partial charge in [0.05, 0.1) is 5.39 Å². The molecule has 1 atom stereocenters. The fourth-order valence-corrected chi connectivity index (χ4v) is 6.13. The van der Waals surface area contributed by atoms with E-state index in [9.17, 15) is 19.2 Å². The summed E-state index contributed by atoms with van der Waals surface area (Å²) >= 11 is 1.66. The van der Waals surface area contributed by atoms with Gasteiger partial charge in [0.2, 0.25) is 5.91 Å². The minimum Gasteiger partial charge on any atom is -0.343 e. The summed E-state index contributed by atoms with van der Waals surface area (Å²) in [5.41, 5.74) is 1.16. The maximum atomic E-state index is 12.8. The number of piperidine rings is 1. The summed E-state index contributed by atoms with van der Waals surface area (Å²) in [5.74, 6) is 0.459. The molecule has 2 aromatic heterocycles. The number of aromatic amines is 1. The summed E-state index contributed by atoms with van der Waals surface area (Å²) in [6, 6.07) is -1.14. The molecule has 2 aliphatic heterocycles. The van der Waals surface area contributed by atoms with E-state index in [1.54, 1.807) is 16.2 Å². The van der Waals surface area contributed by atoms with Gasteiger partial charge in [0.15, 0.2) is 0 Å². The quantitative estimate of drug-likeness (QED) is 0.619. The third-order valence-electron chi connectivity index (χ3n) is 6.58. The second-order valence-corrected chi connectivity index (χ2v) is 9.63. The Morgan fingerprint density at radius 2 is 1.90 bits per heavy atom. The van der Waals surface area contributed by atoms with Gasteiger partial charge in [-0.2, -0.15) is 0 Å². The maximum Gasteiger partial charge on any atom is 0.322 e. The zero-order valence-corrected chi connectivity index (χ0v) is 18.0. The number of hydrogen-bond acceptors (Lipinski definition) is 6. The molecule has 5 rings (SSSR count). The number of imide groups is 1. The first-order valence-corrected chi connectivity index (χ1v) is 11.7. The lowest BCUT2D eigenvalue weighted by atomic mass is 9.95. The first kappa shape index (κ1) is 20.2. The van der Waals surface area contributed by atoms with Crippen LogP contribution in [0.1, 0.15) is 60.7 Å². The fraction of sp³-hybridized carbons (Fsp3) is 0.571. The molecule has 2 saturated heterocycles. The van der Waals surface area contributed by atoms with Crippen molar-refractivity contribution in [1.29, 1.82) is 0 Å². The molecule has 0 spiro atoms. The van der Waals surface area contributed by atoms with Crippen molar-refractivity contribution in [3.05, 3.63) is 26.6 Å². The van der Waals surface area contributed by atoms with Gasteiger partial charge in [-0.3, -0.25) is 19.7 Å². The van der Waals surface area contributed by atoms with Crippen molar-refractivity contribution in [3.63, 3.8) is 0 Å². The van der Waals surface area contributed by atoms with Gasteiger partial charge in [-0.1, -0.05) is 0 Å². The lowest BCUT2D eigenvalue weighted by Crippen LogP contribution is -2.39. The summed E-state index contributed by atoms with van der Waals surface area (Å²) < 4.78 is 0. The van der Waals surface area contributed by atoms with Crippen LogP contribution in [0, 0.1) is 0 Å². The summed E-state index contributed by atoms with van der Waals surface area (Å²) in [6.07, 6.45) is 6.30. The van der Waals surface area contributed by atoms with Crippen LogP contribution in [-0.4, -0.2) is 51.8 Å². The second kappa shape index (κ2) is 8.07. The van der Waals surface area contributed by atoms with Crippen molar-refractivity contribution in [3.8, 4) is 0 Å². The number of fused-ring (bicyclic) bond motifs is 3. The predicted molar refractivity (Wildman–Crippen MR) is 115 cm³/mol. The molecule has 9 nitrogen and oxygen atoms in total. The van der Waals surface area contributed by atoms with E-state index in [1.165, 1.54) is 16.9 Å². The molecule has 4 amide bonds. The molecule has 1 aliphatic carbocycles. The lowest BCUT2D eigenvalue weighted by molar-refractivity contribution is -0.132. The third-order valence-corrected chi connectivity index (χ3v) is 7.77. The fourth-order valence-electron chi connectivity index (χ4n) is 4.86. The van der Waals surface area contributed by atoms with E-state index in [1.807, 2.05) is 0 Å². The van der Waals surface area contributed by atoms with Crippen molar-refractivity contribution in [2.45, 2.75) is 63.3 Å². The molecule has 10 heteroatoms. The van der Waals surface area contributed by atoms with Crippen LogP contribution in [0.2, 0.25) is 0 Å². The number of aryl methyl sites for hydroxylation is 2. The van der Waals surface area contributed by atoms with Gasteiger partial charge in [0.1, 0.15) is 16.7 Å². The smallest absolute Gasteiger partial charge is 0.322 e. The Balaban J connectivity index is 1.22. The molecule has 2 fully saturated rings. The molecule has 164 valence electrons. The predicted octanol–water partition coefficient (Wildman–Crippen LogP) is 1.56. The number of amides is 4. The number of carbonyl (C=O) groups is 3. The number of carbonyl (C=O) groups excluding carboxylic acids is 3. The lowest BCUT2D eigenvalue weighted by Gasteiger charge is -2.31. The highest BCUT2D eigenvalue weighted by molar-refractivity contribution is 7.18. The van der Waals surface area contributed by atoms with Crippen LogP contribution in [0.3, 0.4) is 0 Å². The Kier molecular flexibility index (Phi) is 5.25. The molecule has 3 N–H and O–H groups in total. The van der Waals surface area contributed by atoms with E-state index in [2.05, 4.69) is 15.6 Å². The standard InChI is InChI=1S/C21H25N5O4S/c27-15(6-5-13-18(28)25-21(30)22-13)26-9-7-11(8-10-26)17-23-19(29)16-12-3-1-2-4-14(12)31-20(16)24-17/h11,13H,1-10H2,(H,23,24,29)(H2,22,25,28,30)/t13-/m1/s1. The molecular formula is C21H25N5O4S. The van der Waals surface area contributed by atoms with Crippen LogP contribution in [0.15, 0.2) is 4.79 Å². The molecule has 0 aromatic carbocycles. The van der Waals surface area contributed by atoms with Gasteiger partial charge in [-0.25, -0.2) is 9.78 Å². The van der Waals surface area contributed by atoms with Gasteiger partial charge < -0.3 is 15.2 Å². The normalized spacial score (nSPS) is 21.8. The number of rotatable bonds is 4. The molecule has 0 saturated carbocycles. The minimum absolute atomic E-state index is 0.0183. The zero-order chi connectivity index (χ0) is 21.5. The van der Waals surface area contributed by atoms with Crippen molar-refractivity contribution < 1.29 is 14.4 Å². The molecule has 2 aromatic rings. The van der Waals surface area contributed by atoms with Crippen LogP contribution >= 0.6 is 11.3 Å². The van der Waals surface area contributed by atoms with E-state index < -0.39 is 12.1 Å². The number of urea groups is 1. The van der Waals surface area contributed by atoms with Gasteiger partial charge in [-0.15, -0.1) is 11.3 Å². The van der Waals surface area contributed by atoms with Crippen LogP contribution in [0.5, 0.6) is 0 Å². The van der Waals surface area contributed by atoms with E-state index in [-0.39, 0.29) is 29.7 Å². The van der Waals surface area contributed by atoms with Gasteiger partial charge in [-0.05, 0) is 50.5 Å². The first-order chi connectivity index (χ1) is 15.0. The largest absolute Gasteiger partial charge is 0.343 e. The minimum atomic E-state index is -0.633. The average Bonchev–Trinajstić information content (AvgIpc) is 3.30. The summed E-state index contributed by atoms with van der Waals surface area (Å²) in [5, 5.41) is 5.47. The van der Waals surface area contributed by atoms with Crippen LogP contribution in [0.25, 0.3) is 10.2 Å². The maximum absolute atomic E-state index is 12.8. The van der Waals surface area contributed by atoms with Crippen molar-refractivity contribution in [1.82, 2.24) is 25.5 Å². The molecule has 3 aliphatic rings. The highest BCUT2D eigenvalue weighted by atomic mass is 32.1. The third kappa shape index (κ3) is 3.84. The molecule has 0 radical (unpaired) electrons.